The van der Waals surface area contributed by atoms with E-state index < -0.39 is 0 Å². The molecule has 0 aliphatic carbocycles. The van der Waals surface area contributed by atoms with Crippen LogP contribution in [0.2, 0.25) is 0 Å². The quantitative estimate of drug-likeness (QED) is 0.598. The number of benzene rings is 2. The number of rotatable bonds is 3. The molecule has 25 heavy (non-hydrogen) atoms. The Balaban J connectivity index is 1.80. The van der Waals surface area contributed by atoms with Gasteiger partial charge in [0.05, 0.1) is 11.0 Å². The largest absolute Gasteiger partial charge is 0.383 e. The average molecular weight is 330 g/mol. The van der Waals surface area contributed by atoms with Crippen molar-refractivity contribution in [3.8, 4) is 5.82 Å². The number of hydrogen-bond donors (Lipinski definition) is 2. The first kappa shape index (κ1) is 15.1. The highest BCUT2D eigenvalue weighted by Gasteiger charge is 2.12. The highest BCUT2D eigenvalue weighted by Crippen LogP contribution is 2.23. The fraction of sp³-hybridized carbons (Fsp3) is 0.105. The molecular formula is C19H18N6. The van der Waals surface area contributed by atoms with Crippen LogP contribution < -0.4 is 11.1 Å². The van der Waals surface area contributed by atoms with Crippen molar-refractivity contribution < 1.29 is 0 Å². The van der Waals surface area contributed by atoms with Crippen LogP contribution in [0.5, 0.6) is 0 Å². The zero-order valence-corrected chi connectivity index (χ0v) is 14.1. The van der Waals surface area contributed by atoms with Gasteiger partial charge in [-0.05, 0) is 43.7 Å². The lowest BCUT2D eigenvalue weighted by atomic mass is 10.2. The SMILES string of the molecule is Cc1cccc(Nc2nc(N)cc(-n3c(C)nc4ccccc43)n2)c1. The van der Waals surface area contributed by atoms with Gasteiger partial charge in [-0.1, -0.05) is 24.3 Å². The van der Waals surface area contributed by atoms with E-state index in [0.29, 0.717) is 17.6 Å². The monoisotopic (exact) mass is 330 g/mol. The summed E-state index contributed by atoms with van der Waals surface area (Å²) in [6.07, 6.45) is 0. The number of imidazole rings is 1. The minimum absolute atomic E-state index is 0.400. The maximum Gasteiger partial charge on any atom is 0.231 e. The van der Waals surface area contributed by atoms with Crippen LogP contribution in [-0.4, -0.2) is 19.5 Å². The Labute approximate surface area is 145 Å². The molecule has 0 saturated carbocycles. The van der Waals surface area contributed by atoms with E-state index in [1.807, 2.05) is 66.9 Å². The van der Waals surface area contributed by atoms with Crippen LogP contribution in [0, 0.1) is 13.8 Å². The summed E-state index contributed by atoms with van der Waals surface area (Å²) < 4.78 is 1.98. The summed E-state index contributed by atoms with van der Waals surface area (Å²) in [5.41, 5.74) is 10.0. The van der Waals surface area contributed by atoms with E-state index >= 15 is 0 Å². The van der Waals surface area contributed by atoms with Gasteiger partial charge >= 0.3 is 0 Å². The molecule has 0 bridgehead atoms. The lowest BCUT2D eigenvalue weighted by Gasteiger charge is -2.10. The molecule has 0 aliphatic rings. The summed E-state index contributed by atoms with van der Waals surface area (Å²) in [7, 11) is 0. The Bertz CT molecular complexity index is 1070. The molecular weight excluding hydrogens is 312 g/mol. The first-order valence-corrected chi connectivity index (χ1v) is 8.03. The molecule has 6 heteroatoms. The van der Waals surface area contributed by atoms with Crippen LogP contribution in [0.25, 0.3) is 16.9 Å². The summed E-state index contributed by atoms with van der Waals surface area (Å²) in [6.45, 7) is 3.99. The van der Waals surface area contributed by atoms with E-state index in [1.165, 1.54) is 0 Å². The van der Waals surface area contributed by atoms with Gasteiger partial charge in [0.1, 0.15) is 17.5 Å². The van der Waals surface area contributed by atoms with Crippen molar-refractivity contribution in [1.82, 2.24) is 19.5 Å². The maximum atomic E-state index is 6.02. The van der Waals surface area contributed by atoms with Crippen molar-refractivity contribution in [3.05, 3.63) is 66.0 Å². The Morgan fingerprint density at radius 1 is 0.920 bits per heavy atom. The zero-order chi connectivity index (χ0) is 17.4. The van der Waals surface area contributed by atoms with E-state index in [0.717, 1.165) is 28.1 Å². The normalized spacial score (nSPS) is 11.0. The van der Waals surface area contributed by atoms with Gasteiger partial charge in [-0.3, -0.25) is 4.57 Å². The first-order valence-electron chi connectivity index (χ1n) is 8.03. The fourth-order valence-electron chi connectivity index (χ4n) is 2.91. The minimum Gasteiger partial charge on any atom is -0.383 e. The van der Waals surface area contributed by atoms with Crippen LogP contribution in [-0.2, 0) is 0 Å². The summed E-state index contributed by atoms with van der Waals surface area (Å²) >= 11 is 0. The predicted octanol–water partition coefficient (Wildman–Crippen LogP) is 3.76. The highest BCUT2D eigenvalue weighted by molar-refractivity contribution is 5.78. The number of anilines is 3. The van der Waals surface area contributed by atoms with Gasteiger partial charge in [-0.15, -0.1) is 0 Å². The van der Waals surface area contributed by atoms with Gasteiger partial charge in [0, 0.05) is 11.8 Å². The molecule has 0 amide bonds. The van der Waals surface area contributed by atoms with Crippen molar-refractivity contribution in [2.75, 3.05) is 11.1 Å². The second kappa shape index (κ2) is 5.90. The number of nitrogens with two attached hydrogens (primary N) is 1. The molecule has 2 heterocycles. The summed E-state index contributed by atoms with van der Waals surface area (Å²) in [6, 6.07) is 17.7. The van der Waals surface area contributed by atoms with Crippen molar-refractivity contribution in [2.45, 2.75) is 13.8 Å². The molecule has 2 aromatic heterocycles. The highest BCUT2D eigenvalue weighted by atomic mass is 15.2. The van der Waals surface area contributed by atoms with Crippen LogP contribution in [0.15, 0.2) is 54.6 Å². The number of nitrogen functional groups attached to an aromatic ring is 1. The van der Waals surface area contributed by atoms with Gasteiger partial charge in [-0.2, -0.15) is 9.97 Å². The molecule has 4 rings (SSSR count). The van der Waals surface area contributed by atoms with Gasteiger partial charge < -0.3 is 11.1 Å². The van der Waals surface area contributed by atoms with Crippen LogP contribution in [0.4, 0.5) is 17.5 Å². The molecule has 124 valence electrons. The molecule has 0 atom stereocenters. The predicted molar refractivity (Wildman–Crippen MR) is 100 cm³/mol. The molecule has 2 aromatic carbocycles. The van der Waals surface area contributed by atoms with Gasteiger partial charge in [0.15, 0.2) is 0 Å². The third-order valence-corrected chi connectivity index (χ3v) is 3.96. The van der Waals surface area contributed by atoms with Gasteiger partial charge in [0.25, 0.3) is 0 Å². The molecule has 6 nitrogen and oxygen atoms in total. The zero-order valence-electron chi connectivity index (χ0n) is 14.1. The van der Waals surface area contributed by atoms with E-state index in [4.69, 9.17) is 5.73 Å². The molecule has 0 aliphatic heterocycles. The van der Waals surface area contributed by atoms with Crippen molar-refractivity contribution >= 4 is 28.5 Å². The van der Waals surface area contributed by atoms with Crippen LogP contribution >= 0.6 is 0 Å². The molecule has 4 aromatic rings. The molecule has 0 radical (unpaired) electrons. The van der Waals surface area contributed by atoms with Crippen molar-refractivity contribution in [2.24, 2.45) is 0 Å². The van der Waals surface area contributed by atoms with E-state index in [9.17, 15) is 0 Å². The molecule has 3 N–H and O–H groups in total. The summed E-state index contributed by atoms with van der Waals surface area (Å²) in [5, 5.41) is 3.22. The number of fused-ring (bicyclic) bond motifs is 1. The van der Waals surface area contributed by atoms with Gasteiger partial charge in [0.2, 0.25) is 5.95 Å². The van der Waals surface area contributed by atoms with E-state index in [1.54, 1.807) is 6.07 Å². The number of nitrogens with one attached hydrogen (secondary N) is 1. The minimum atomic E-state index is 0.400. The first-order chi connectivity index (χ1) is 12.1. The molecule has 0 unspecified atom stereocenters. The number of nitrogens with zero attached hydrogens (tertiary/aromatic N) is 4. The Hall–Kier alpha value is -3.41. The second-order valence-electron chi connectivity index (χ2n) is 5.95. The number of para-hydroxylation sites is 2. The van der Waals surface area contributed by atoms with E-state index in [2.05, 4.69) is 20.3 Å². The third-order valence-electron chi connectivity index (χ3n) is 3.96. The van der Waals surface area contributed by atoms with Crippen LogP contribution in [0.1, 0.15) is 11.4 Å². The number of aryl methyl sites for hydroxylation is 2. The summed E-state index contributed by atoms with van der Waals surface area (Å²) in [5.74, 6) is 2.39. The lowest BCUT2D eigenvalue weighted by Crippen LogP contribution is -2.07. The Morgan fingerprint density at radius 2 is 1.76 bits per heavy atom. The van der Waals surface area contributed by atoms with Crippen LogP contribution in [0.3, 0.4) is 0 Å². The maximum absolute atomic E-state index is 6.02. The van der Waals surface area contributed by atoms with Crippen molar-refractivity contribution in [3.63, 3.8) is 0 Å². The third kappa shape index (κ3) is 2.89. The standard InChI is InChI=1S/C19H18N6/c1-12-6-5-7-14(10-12)22-19-23-17(20)11-18(24-19)25-13(2)21-15-8-3-4-9-16(15)25/h3-11H,1-2H3,(H3,20,22,23,24). The second-order valence-corrected chi connectivity index (χ2v) is 5.95. The summed E-state index contributed by atoms with van der Waals surface area (Å²) in [4.78, 5) is 13.5. The lowest BCUT2D eigenvalue weighted by molar-refractivity contribution is 0.947. The Morgan fingerprint density at radius 3 is 2.60 bits per heavy atom. The Kier molecular flexibility index (Phi) is 3.57. The number of aromatic nitrogens is 4. The molecule has 0 fully saturated rings. The van der Waals surface area contributed by atoms with Gasteiger partial charge in [-0.25, -0.2) is 4.98 Å². The fourth-order valence-corrected chi connectivity index (χ4v) is 2.91. The van der Waals surface area contributed by atoms with E-state index in [-0.39, 0.29) is 0 Å². The smallest absolute Gasteiger partial charge is 0.231 e. The van der Waals surface area contributed by atoms with Crippen molar-refractivity contribution in [1.29, 1.82) is 0 Å². The molecule has 0 spiro atoms. The number of hydrogen-bond acceptors (Lipinski definition) is 5. The topological polar surface area (TPSA) is 81.6 Å². The average Bonchev–Trinajstić information content (AvgIpc) is 2.90. The molecule has 0 saturated heterocycles.